The molecular formula is C25H30O5. The highest BCUT2D eigenvalue weighted by molar-refractivity contribution is 5.69. The van der Waals surface area contributed by atoms with Crippen molar-refractivity contribution in [1.82, 2.24) is 0 Å². The summed E-state index contributed by atoms with van der Waals surface area (Å²) >= 11 is 0. The van der Waals surface area contributed by atoms with E-state index < -0.39 is 11.4 Å². The van der Waals surface area contributed by atoms with Gasteiger partial charge in [0.05, 0.1) is 31.7 Å². The minimum absolute atomic E-state index is 0.0134. The second-order valence-corrected chi connectivity index (χ2v) is 8.90. The summed E-state index contributed by atoms with van der Waals surface area (Å²) in [6.07, 6.45) is 3.09. The molecule has 2 aliphatic rings. The molecule has 0 amide bonds. The molecule has 5 heteroatoms. The van der Waals surface area contributed by atoms with Gasteiger partial charge >= 0.3 is 5.97 Å². The van der Waals surface area contributed by atoms with Crippen LogP contribution in [0.4, 0.5) is 0 Å². The summed E-state index contributed by atoms with van der Waals surface area (Å²) in [6.45, 7) is 6.03. The van der Waals surface area contributed by atoms with Gasteiger partial charge in [-0.1, -0.05) is 32.0 Å². The molecule has 2 aromatic rings. The zero-order valence-electron chi connectivity index (χ0n) is 17.7. The predicted octanol–water partition coefficient (Wildman–Crippen LogP) is 4.92. The number of carbonyl (C=O) groups is 1. The van der Waals surface area contributed by atoms with Gasteiger partial charge in [0.2, 0.25) is 0 Å². The van der Waals surface area contributed by atoms with E-state index >= 15 is 0 Å². The molecular weight excluding hydrogens is 380 g/mol. The zero-order valence-corrected chi connectivity index (χ0v) is 17.7. The third kappa shape index (κ3) is 4.46. The Kier molecular flexibility index (Phi) is 6.00. The van der Waals surface area contributed by atoms with Gasteiger partial charge in [0.25, 0.3) is 0 Å². The molecule has 1 aliphatic carbocycles. The summed E-state index contributed by atoms with van der Waals surface area (Å²) < 4.78 is 17.5. The van der Waals surface area contributed by atoms with Crippen molar-refractivity contribution >= 4 is 5.97 Å². The molecule has 5 nitrogen and oxygen atoms in total. The molecule has 0 bridgehead atoms. The third-order valence-electron chi connectivity index (χ3n) is 6.10. The number of fused-ring (bicyclic) bond motifs is 1. The van der Waals surface area contributed by atoms with E-state index in [0.717, 1.165) is 42.9 Å². The van der Waals surface area contributed by atoms with Crippen LogP contribution in [0.1, 0.15) is 55.9 Å². The SMILES string of the molecule is CC(C)CCOc1ccc2c(c1)C(Oc1ccc(C3(CC(=O)O)COC3)cc1)CC2. The number of hydrogen-bond donors (Lipinski definition) is 1. The second-order valence-electron chi connectivity index (χ2n) is 8.90. The van der Waals surface area contributed by atoms with Crippen LogP contribution in [0.25, 0.3) is 0 Å². The maximum atomic E-state index is 11.2. The Bertz CT molecular complexity index is 883. The Hall–Kier alpha value is -2.53. The molecule has 160 valence electrons. The Balaban J connectivity index is 1.43. The zero-order chi connectivity index (χ0) is 21.1. The van der Waals surface area contributed by atoms with Gasteiger partial charge < -0.3 is 19.3 Å². The molecule has 1 saturated heterocycles. The first-order valence-corrected chi connectivity index (χ1v) is 10.8. The van der Waals surface area contributed by atoms with Gasteiger partial charge in [-0.05, 0) is 66.1 Å². The topological polar surface area (TPSA) is 65.0 Å². The van der Waals surface area contributed by atoms with Crippen molar-refractivity contribution in [2.45, 2.75) is 51.0 Å². The van der Waals surface area contributed by atoms with Crippen LogP contribution in [-0.2, 0) is 21.4 Å². The molecule has 0 spiro atoms. The van der Waals surface area contributed by atoms with E-state index in [1.807, 2.05) is 24.3 Å². The number of aliphatic carboxylic acids is 1. The van der Waals surface area contributed by atoms with E-state index in [-0.39, 0.29) is 12.5 Å². The smallest absolute Gasteiger partial charge is 0.304 e. The van der Waals surface area contributed by atoms with Crippen molar-refractivity contribution in [2.75, 3.05) is 19.8 Å². The summed E-state index contributed by atoms with van der Waals surface area (Å²) in [5.74, 6) is 1.53. The molecule has 1 unspecified atom stereocenters. The van der Waals surface area contributed by atoms with E-state index in [1.54, 1.807) is 0 Å². The van der Waals surface area contributed by atoms with Gasteiger partial charge in [-0.15, -0.1) is 0 Å². The van der Waals surface area contributed by atoms with Crippen molar-refractivity contribution in [3.05, 3.63) is 59.2 Å². The average Bonchev–Trinajstić information content (AvgIpc) is 3.07. The van der Waals surface area contributed by atoms with E-state index in [2.05, 4.69) is 32.0 Å². The minimum Gasteiger partial charge on any atom is -0.494 e. The molecule has 2 aromatic carbocycles. The third-order valence-corrected chi connectivity index (χ3v) is 6.10. The lowest BCUT2D eigenvalue weighted by Crippen LogP contribution is -2.48. The van der Waals surface area contributed by atoms with E-state index in [0.29, 0.717) is 19.1 Å². The van der Waals surface area contributed by atoms with E-state index in [4.69, 9.17) is 14.2 Å². The molecule has 1 heterocycles. The lowest BCUT2D eigenvalue weighted by molar-refractivity contribution is -0.145. The van der Waals surface area contributed by atoms with Crippen LogP contribution < -0.4 is 9.47 Å². The van der Waals surface area contributed by atoms with Crippen LogP contribution in [0.2, 0.25) is 0 Å². The number of rotatable bonds is 9. The maximum Gasteiger partial charge on any atom is 0.304 e. The fourth-order valence-electron chi connectivity index (χ4n) is 4.23. The van der Waals surface area contributed by atoms with Crippen molar-refractivity contribution in [2.24, 2.45) is 5.92 Å². The first-order valence-electron chi connectivity index (χ1n) is 10.8. The van der Waals surface area contributed by atoms with Gasteiger partial charge in [-0.25, -0.2) is 0 Å². The van der Waals surface area contributed by atoms with Crippen LogP contribution >= 0.6 is 0 Å². The van der Waals surface area contributed by atoms with Crippen LogP contribution in [0.5, 0.6) is 11.5 Å². The number of aryl methyl sites for hydroxylation is 1. The van der Waals surface area contributed by atoms with Crippen LogP contribution in [0.15, 0.2) is 42.5 Å². The average molecular weight is 411 g/mol. The molecule has 1 N–H and O–H groups in total. The number of carboxylic acid groups (broad SMARTS) is 1. The van der Waals surface area contributed by atoms with Crippen molar-refractivity contribution in [3.63, 3.8) is 0 Å². The number of benzene rings is 2. The summed E-state index contributed by atoms with van der Waals surface area (Å²) in [4.78, 5) is 11.2. The standard InChI is InChI=1S/C25H30O5/c1-17(2)11-12-29-21-7-3-18-4-10-23(22(18)13-21)30-20-8-5-19(6-9-20)25(14-24(26)27)15-28-16-25/h3,5-9,13,17,23H,4,10-12,14-16H2,1-2H3,(H,26,27). The van der Waals surface area contributed by atoms with Gasteiger partial charge in [-0.2, -0.15) is 0 Å². The molecule has 1 atom stereocenters. The summed E-state index contributed by atoms with van der Waals surface area (Å²) in [6, 6.07) is 14.2. The molecule has 0 saturated carbocycles. The number of carboxylic acids is 1. The molecule has 1 fully saturated rings. The lowest BCUT2D eigenvalue weighted by atomic mass is 9.76. The van der Waals surface area contributed by atoms with Crippen molar-refractivity contribution < 1.29 is 24.1 Å². The van der Waals surface area contributed by atoms with Crippen LogP contribution in [-0.4, -0.2) is 30.9 Å². The lowest BCUT2D eigenvalue weighted by Gasteiger charge is -2.40. The molecule has 4 rings (SSSR count). The highest BCUT2D eigenvalue weighted by Gasteiger charge is 2.42. The largest absolute Gasteiger partial charge is 0.494 e. The van der Waals surface area contributed by atoms with Crippen LogP contribution in [0.3, 0.4) is 0 Å². The number of ether oxygens (including phenoxy) is 3. The monoisotopic (exact) mass is 410 g/mol. The Labute approximate surface area is 178 Å². The minimum atomic E-state index is -0.799. The molecule has 0 radical (unpaired) electrons. The highest BCUT2D eigenvalue weighted by Crippen LogP contribution is 2.39. The fourth-order valence-corrected chi connectivity index (χ4v) is 4.23. The Morgan fingerprint density at radius 3 is 2.53 bits per heavy atom. The normalized spacial score (nSPS) is 19.2. The summed E-state index contributed by atoms with van der Waals surface area (Å²) in [7, 11) is 0. The summed E-state index contributed by atoms with van der Waals surface area (Å²) in [5, 5.41) is 9.23. The molecule has 30 heavy (non-hydrogen) atoms. The second kappa shape index (κ2) is 8.68. The Morgan fingerprint density at radius 1 is 1.17 bits per heavy atom. The quantitative estimate of drug-likeness (QED) is 0.636. The fraction of sp³-hybridized carbons (Fsp3) is 0.480. The first kappa shape index (κ1) is 20.7. The highest BCUT2D eigenvalue weighted by atomic mass is 16.5. The van der Waals surface area contributed by atoms with E-state index in [9.17, 15) is 9.90 Å². The van der Waals surface area contributed by atoms with Gasteiger partial charge in [0.1, 0.15) is 17.6 Å². The predicted molar refractivity (Wildman–Crippen MR) is 114 cm³/mol. The van der Waals surface area contributed by atoms with Crippen molar-refractivity contribution in [3.8, 4) is 11.5 Å². The molecule has 0 aromatic heterocycles. The van der Waals surface area contributed by atoms with Gasteiger partial charge in [0.15, 0.2) is 0 Å². The molecule has 1 aliphatic heterocycles. The first-order chi connectivity index (χ1) is 14.4. The van der Waals surface area contributed by atoms with Gasteiger partial charge in [-0.3, -0.25) is 4.79 Å². The Morgan fingerprint density at radius 2 is 1.90 bits per heavy atom. The number of hydrogen-bond acceptors (Lipinski definition) is 4. The van der Waals surface area contributed by atoms with Gasteiger partial charge in [0, 0.05) is 0 Å². The maximum absolute atomic E-state index is 11.2. The van der Waals surface area contributed by atoms with E-state index in [1.165, 1.54) is 11.1 Å². The summed E-state index contributed by atoms with van der Waals surface area (Å²) in [5.41, 5.74) is 3.11. The van der Waals surface area contributed by atoms with Crippen LogP contribution in [0, 0.1) is 5.92 Å². The van der Waals surface area contributed by atoms with Crippen molar-refractivity contribution in [1.29, 1.82) is 0 Å².